The molecule has 0 amide bonds. The van der Waals surface area contributed by atoms with Crippen molar-refractivity contribution in [3.8, 4) is 0 Å². The molecule has 2 rings (SSSR count). The molecule has 25 heavy (non-hydrogen) atoms. The molecule has 0 aliphatic carbocycles. The van der Waals surface area contributed by atoms with E-state index in [0.29, 0.717) is 0 Å². The minimum Gasteiger partial charge on any atom is -0.398 e. The Kier molecular flexibility index (Phi) is 6.92. The fraction of sp³-hybridized carbons (Fsp3) is 0.478. The van der Waals surface area contributed by atoms with Gasteiger partial charge in [-0.05, 0) is 35.6 Å². The Morgan fingerprint density at radius 1 is 0.800 bits per heavy atom. The fourth-order valence-corrected chi connectivity index (χ4v) is 3.60. The van der Waals surface area contributed by atoms with E-state index in [1.165, 1.54) is 43.2 Å². The average Bonchev–Trinajstić information content (AvgIpc) is 2.61. The van der Waals surface area contributed by atoms with E-state index in [4.69, 9.17) is 11.5 Å². The summed E-state index contributed by atoms with van der Waals surface area (Å²) in [5.41, 5.74) is 18.0. The third-order valence-electron chi connectivity index (χ3n) is 5.34. The molecule has 0 saturated heterocycles. The highest BCUT2D eigenvalue weighted by molar-refractivity contribution is 5.68. The van der Waals surface area contributed by atoms with Gasteiger partial charge in [-0.15, -0.1) is 0 Å². The first-order valence-electron chi connectivity index (χ1n) is 9.71. The van der Waals surface area contributed by atoms with Crippen molar-refractivity contribution in [2.75, 3.05) is 11.5 Å². The summed E-state index contributed by atoms with van der Waals surface area (Å²) in [6.45, 7) is 6.72. The van der Waals surface area contributed by atoms with Crippen LogP contribution in [-0.2, 0) is 11.8 Å². The molecule has 0 unspecified atom stereocenters. The molecule has 0 radical (unpaired) electrons. The molecule has 2 aromatic carbocycles. The van der Waals surface area contributed by atoms with E-state index in [-0.39, 0.29) is 5.41 Å². The highest BCUT2D eigenvalue weighted by atomic mass is 14.6. The highest BCUT2D eigenvalue weighted by Gasteiger charge is 2.26. The van der Waals surface area contributed by atoms with Crippen molar-refractivity contribution in [3.63, 3.8) is 0 Å². The van der Waals surface area contributed by atoms with Crippen molar-refractivity contribution in [3.05, 3.63) is 59.2 Å². The number of anilines is 2. The van der Waals surface area contributed by atoms with Gasteiger partial charge in [0.2, 0.25) is 0 Å². The maximum Gasteiger partial charge on any atom is 0.0408 e. The van der Waals surface area contributed by atoms with E-state index in [1.54, 1.807) is 0 Å². The Bertz CT molecular complexity index is 659. The SMILES string of the molecule is CCCCCCCCc1c(N)ccc(C(C)(C)c2ccccc2)c1N. The zero-order valence-corrected chi connectivity index (χ0v) is 16.1. The second kappa shape index (κ2) is 8.94. The Balaban J connectivity index is 2.16. The maximum absolute atomic E-state index is 6.59. The number of hydrogen-bond acceptors (Lipinski definition) is 2. The molecule has 2 aromatic rings. The van der Waals surface area contributed by atoms with Crippen molar-refractivity contribution in [1.29, 1.82) is 0 Å². The fourth-order valence-electron chi connectivity index (χ4n) is 3.60. The first kappa shape index (κ1) is 19.4. The smallest absolute Gasteiger partial charge is 0.0408 e. The van der Waals surface area contributed by atoms with E-state index in [1.807, 2.05) is 6.07 Å². The van der Waals surface area contributed by atoms with Crippen LogP contribution in [0.1, 0.15) is 76.0 Å². The van der Waals surface area contributed by atoms with E-state index in [9.17, 15) is 0 Å². The summed E-state index contributed by atoms with van der Waals surface area (Å²) in [7, 11) is 0. The van der Waals surface area contributed by atoms with Crippen LogP contribution >= 0.6 is 0 Å². The molecular weight excluding hydrogens is 304 g/mol. The van der Waals surface area contributed by atoms with Crippen LogP contribution in [0.2, 0.25) is 0 Å². The van der Waals surface area contributed by atoms with Crippen molar-refractivity contribution in [2.45, 2.75) is 71.1 Å². The van der Waals surface area contributed by atoms with Crippen molar-refractivity contribution < 1.29 is 0 Å². The molecule has 0 aromatic heterocycles. The molecule has 4 N–H and O–H groups in total. The molecule has 2 heteroatoms. The van der Waals surface area contributed by atoms with Crippen molar-refractivity contribution in [2.24, 2.45) is 0 Å². The largest absolute Gasteiger partial charge is 0.398 e. The lowest BCUT2D eigenvalue weighted by molar-refractivity contribution is 0.607. The predicted octanol–water partition coefficient (Wildman–Crippen LogP) is 6.08. The van der Waals surface area contributed by atoms with Crippen molar-refractivity contribution in [1.82, 2.24) is 0 Å². The number of nitrogen functional groups attached to an aromatic ring is 2. The number of nitrogens with two attached hydrogens (primary N) is 2. The Morgan fingerprint density at radius 2 is 1.44 bits per heavy atom. The minimum absolute atomic E-state index is 0.130. The molecule has 136 valence electrons. The van der Waals surface area contributed by atoms with Crippen LogP contribution in [0.4, 0.5) is 11.4 Å². The van der Waals surface area contributed by atoms with Crippen LogP contribution in [0.3, 0.4) is 0 Å². The van der Waals surface area contributed by atoms with Gasteiger partial charge in [-0.2, -0.15) is 0 Å². The molecular formula is C23H34N2. The third kappa shape index (κ3) is 4.78. The quantitative estimate of drug-likeness (QED) is 0.430. The minimum atomic E-state index is -0.130. The lowest BCUT2D eigenvalue weighted by atomic mass is 9.76. The average molecular weight is 339 g/mol. The van der Waals surface area contributed by atoms with Gasteiger partial charge in [0, 0.05) is 16.8 Å². The predicted molar refractivity (Wildman–Crippen MR) is 111 cm³/mol. The first-order valence-corrected chi connectivity index (χ1v) is 9.71. The summed E-state index contributed by atoms with van der Waals surface area (Å²) in [6, 6.07) is 14.7. The second-order valence-electron chi connectivity index (χ2n) is 7.60. The maximum atomic E-state index is 6.59. The normalized spacial score (nSPS) is 11.6. The van der Waals surface area contributed by atoms with Gasteiger partial charge < -0.3 is 11.5 Å². The number of benzene rings is 2. The topological polar surface area (TPSA) is 52.0 Å². The zero-order valence-electron chi connectivity index (χ0n) is 16.1. The van der Waals surface area contributed by atoms with E-state index in [0.717, 1.165) is 29.8 Å². The van der Waals surface area contributed by atoms with Gasteiger partial charge >= 0.3 is 0 Å². The van der Waals surface area contributed by atoms with Crippen LogP contribution in [0, 0.1) is 0 Å². The summed E-state index contributed by atoms with van der Waals surface area (Å²) in [5, 5.41) is 0. The number of unbranched alkanes of at least 4 members (excludes halogenated alkanes) is 5. The van der Waals surface area contributed by atoms with Crippen LogP contribution in [0.15, 0.2) is 42.5 Å². The Labute approximate surface area is 153 Å². The summed E-state index contributed by atoms with van der Waals surface area (Å²) in [4.78, 5) is 0. The van der Waals surface area contributed by atoms with Crippen LogP contribution in [-0.4, -0.2) is 0 Å². The molecule has 0 spiro atoms. The molecule has 0 aliphatic rings. The van der Waals surface area contributed by atoms with E-state index < -0.39 is 0 Å². The number of rotatable bonds is 9. The molecule has 0 saturated carbocycles. The third-order valence-corrected chi connectivity index (χ3v) is 5.34. The van der Waals surface area contributed by atoms with Crippen LogP contribution in [0.5, 0.6) is 0 Å². The molecule has 0 bridgehead atoms. The van der Waals surface area contributed by atoms with Gasteiger partial charge in [0.15, 0.2) is 0 Å². The van der Waals surface area contributed by atoms with Gasteiger partial charge in [-0.25, -0.2) is 0 Å². The molecule has 0 aliphatic heterocycles. The second-order valence-corrected chi connectivity index (χ2v) is 7.60. The lowest BCUT2D eigenvalue weighted by Gasteiger charge is -2.29. The Hall–Kier alpha value is -1.96. The molecule has 0 atom stereocenters. The Morgan fingerprint density at radius 3 is 2.12 bits per heavy atom. The summed E-state index contributed by atoms with van der Waals surface area (Å²) >= 11 is 0. The lowest BCUT2D eigenvalue weighted by Crippen LogP contribution is -2.21. The van der Waals surface area contributed by atoms with Crippen molar-refractivity contribution >= 4 is 11.4 Å². The number of hydrogen-bond donors (Lipinski definition) is 2. The van der Waals surface area contributed by atoms with E-state index in [2.05, 4.69) is 57.2 Å². The molecule has 0 heterocycles. The summed E-state index contributed by atoms with van der Waals surface area (Å²) < 4.78 is 0. The highest BCUT2D eigenvalue weighted by Crippen LogP contribution is 2.38. The van der Waals surface area contributed by atoms with Gasteiger partial charge in [-0.3, -0.25) is 0 Å². The van der Waals surface area contributed by atoms with Gasteiger partial charge in [0.05, 0.1) is 0 Å². The molecule has 0 fully saturated rings. The monoisotopic (exact) mass is 338 g/mol. The molecule has 2 nitrogen and oxygen atoms in total. The zero-order chi connectivity index (χ0) is 18.3. The van der Waals surface area contributed by atoms with Gasteiger partial charge in [-0.1, -0.05) is 89.3 Å². The summed E-state index contributed by atoms with van der Waals surface area (Å²) in [6.07, 6.45) is 8.66. The van der Waals surface area contributed by atoms with E-state index >= 15 is 0 Å². The van der Waals surface area contributed by atoms with Gasteiger partial charge in [0.1, 0.15) is 0 Å². The first-order chi connectivity index (χ1) is 12.0. The summed E-state index contributed by atoms with van der Waals surface area (Å²) in [5.74, 6) is 0. The van der Waals surface area contributed by atoms with Gasteiger partial charge in [0.25, 0.3) is 0 Å². The van der Waals surface area contributed by atoms with Crippen LogP contribution in [0.25, 0.3) is 0 Å². The standard InChI is InChI=1S/C23H34N2/c1-4-5-6-7-8-12-15-19-21(24)17-16-20(22(19)25)23(2,3)18-13-10-9-11-14-18/h9-11,13-14,16-17H,4-8,12,15,24-25H2,1-3H3. The van der Waals surface area contributed by atoms with Crippen LogP contribution < -0.4 is 11.5 Å².